The van der Waals surface area contributed by atoms with E-state index < -0.39 is 0 Å². The lowest BCUT2D eigenvalue weighted by atomic mass is 10.1. The van der Waals surface area contributed by atoms with Crippen molar-refractivity contribution in [2.45, 2.75) is 20.8 Å². The number of carbonyl (C=O) groups excluding carboxylic acids is 1. The average Bonchev–Trinajstić information content (AvgIpc) is 2.87. The maximum Gasteiger partial charge on any atom is 0.159 e. The normalized spacial score (nSPS) is 11.2. The first-order valence-corrected chi connectivity index (χ1v) is 8.43. The largest absolute Gasteiger partial charge is 0.318 e. The van der Waals surface area contributed by atoms with Crippen LogP contribution in [0.25, 0.3) is 5.69 Å². The van der Waals surface area contributed by atoms with Crippen LogP contribution in [0.1, 0.15) is 34.2 Å². The van der Waals surface area contributed by atoms with Gasteiger partial charge >= 0.3 is 0 Å². The summed E-state index contributed by atoms with van der Waals surface area (Å²) in [6, 6.07) is 17.2. The average molecular weight is 351 g/mol. The number of halogens is 1. The zero-order valence-corrected chi connectivity index (χ0v) is 15.2. The van der Waals surface area contributed by atoms with Crippen molar-refractivity contribution in [2.75, 3.05) is 0 Å². The molecule has 0 aliphatic heterocycles. The summed E-state index contributed by atoms with van der Waals surface area (Å²) in [5.74, 6) is 0.0381. The van der Waals surface area contributed by atoms with Gasteiger partial charge in [0, 0.05) is 39.4 Å². The molecule has 0 atom stereocenters. The van der Waals surface area contributed by atoms with Gasteiger partial charge in [0.1, 0.15) is 0 Å². The van der Waals surface area contributed by atoms with Gasteiger partial charge in [-0.2, -0.15) is 0 Å². The number of hydrogen-bond donors (Lipinski definition) is 0. The fraction of sp³-hybridized carbons (Fsp3) is 0.143. The minimum atomic E-state index is 0.0381. The molecule has 2 aromatic carbocycles. The molecule has 1 aromatic heterocycles. The van der Waals surface area contributed by atoms with E-state index in [0.29, 0.717) is 10.6 Å². The minimum absolute atomic E-state index is 0.0381. The molecular formula is C21H19ClN2O. The van der Waals surface area contributed by atoms with Crippen LogP contribution < -0.4 is 0 Å². The van der Waals surface area contributed by atoms with Gasteiger partial charge in [-0.1, -0.05) is 29.8 Å². The van der Waals surface area contributed by atoms with E-state index in [1.54, 1.807) is 19.1 Å². The Labute approximate surface area is 152 Å². The van der Waals surface area contributed by atoms with Crippen LogP contribution in [0.5, 0.6) is 0 Å². The molecule has 126 valence electrons. The lowest BCUT2D eigenvalue weighted by Gasteiger charge is -2.09. The van der Waals surface area contributed by atoms with Crippen molar-refractivity contribution >= 4 is 29.3 Å². The first-order valence-electron chi connectivity index (χ1n) is 8.05. The minimum Gasteiger partial charge on any atom is -0.318 e. The van der Waals surface area contributed by atoms with Crippen molar-refractivity contribution in [1.82, 2.24) is 4.57 Å². The van der Waals surface area contributed by atoms with Gasteiger partial charge in [-0.25, -0.2) is 0 Å². The van der Waals surface area contributed by atoms with Crippen LogP contribution in [0.3, 0.4) is 0 Å². The fourth-order valence-corrected chi connectivity index (χ4v) is 3.06. The summed E-state index contributed by atoms with van der Waals surface area (Å²) in [5, 5.41) is 0.710. The lowest BCUT2D eigenvalue weighted by molar-refractivity contribution is 0.101. The maximum absolute atomic E-state index is 11.5. The highest BCUT2D eigenvalue weighted by molar-refractivity contribution is 6.30. The van der Waals surface area contributed by atoms with Crippen LogP contribution in [-0.4, -0.2) is 16.6 Å². The summed E-state index contributed by atoms with van der Waals surface area (Å²) < 4.78 is 2.15. The van der Waals surface area contributed by atoms with E-state index in [2.05, 4.69) is 29.5 Å². The van der Waals surface area contributed by atoms with Gasteiger partial charge in [0.15, 0.2) is 5.78 Å². The van der Waals surface area contributed by atoms with E-state index in [4.69, 9.17) is 11.6 Å². The number of aromatic nitrogens is 1. The van der Waals surface area contributed by atoms with E-state index in [1.807, 2.05) is 42.6 Å². The number of aryl methyl sites for hydroxylation is 1. The van der Waals surface area contributed by atoms with Crippen LogP contribution in [0.15, 0.2) is 59.6 Å². The first kappa shape index (κ1) is 17.2. The van der Waals surface area contributed by atoms with Crippen molar-refractivity contribution in [2.24, 2.45) is 4.99 Å². The van der Waals surface area contributed by atoms with E-state index >= 15 is 0 Å². The van der Waals surface area contributed by atoms with Gasteiger partial charge in [-0.3, -0.25) is 9.79 Å². The Bertz CT molecular complexity index is 970. The molecule has 0 amide bonds. The fourth-order valence-electron chi connectivity index (χ4n) is 2.88. The smallest absolute Gasteiger partial charge is 0.159 e. The van der Waals surface area contributed by atoms with Gasteiger partial charge in [0.2, 0.25) is 0 Å². The Kier molecular flexibility index (Phi) is 4.86. The molecule has 0 spiro atoms. The molecule has 0 N–H and O–H groups in total. The summed E-state index contributed by atoms with van der Waals surface area (Å²) >= 11 is 6.12. The molecule has 0 bridgehead atoms. The lowest BCUT2D eigenvalue weighted by Crippen LogP contribution is -1.99. The highest BCUT2D eigenvalue weighted by Gasteiger charge is 2.09. The maximum atomic E-state index is 11.5. The topological polar surface area (TPSA) is 34.4 Å². The Morgan fingerprint density at radius 3 is 2.56 bits per heavy atom. The van der Waals surface area contributed by atoms with E-state index in [9.17, 15) is 4.79 Å². The van der Waals surface area contributed by atoms with Gasteiger partial charge in [0.05, 0.1) is 5.69 Å². The summed E-state index contributed by atoms with van der Waals surface area (Å²) in [5.41, 5.74) is 5.69. The summed E-state index contributed by atoms with van der Waals surface area (Å²) in [6.07, 6.45) is 1.84. The van der Waals surface area contributed by atoms with Crippen molar-refractivity contribution < 1.29 is 4.79 Å². The Hall–Kier alpha value is -2.65. The molecule has 0 aliphatic carbocycles. The third-order valence-electron chi connectivity index (χ3n) is 4.14. The predicted molar refractivity (Wildman–Crippen MR) is 104 cm³/mol. The number of carbonyl (C=O) groups is 1. The molecule has 3 rings (SSSR count). The van der Waals surface area contributed by atoms with Crippen molar-refractivity contribution in [3.05, 3.63) is 82.1 Å². The van der Waals surface area contributed by atoms with Crippen LogP contribution in [0.2, 0.25) is 5.02 Å². The molecule has 4 heteroatoms. The molecule has 0 unspecified atom stereocenters. The Morgan fingerprint density at radius 1 is 1.08 bits per heavy atom. The summed E-state index contributed by atoms with van der Waals surface area (Å²) in [4.78, 5) is 16.0. The van der Waals surface area contributed by atoms with Crippen molar-refractivity contribution in [3.63, 3.8) is 0 Å². The number of benzene rings is 2. The Morgan fingerprint density at radius 2 is 1.84 bits per heavy atom. The number of ketones is 1. The van der Waals surface area contributed by atoms with Gasteiger partial charge in [-0.15, -0.1) is 0 Å². The standard InChI is InChI=1S/C21H19ClN2O/c1-14-10-18(13-23-20-8-4-6-17(11-20)16(3)25)15(2)24(14)21-9-5-7-19(22)12-21/h4-13H,1-3H3. The highest BCUT2D eigenvalue weighted by atomic mass is 35.5. The van der Waals surface area contributed by atoms with Gasteiger partial charge in [0.25, 0.3) is 0 Å². The predicted octanol–water partition coefficient (Wildman–Crippen LogP) is 5.70. The molecule has 0 radical (unpaired) electrons. The number of aliphatic imine (C=N–C) groups is 1. The zero-order valence-electron chi connectivity index (χ0n) is 14.5. The quantitative estimate of drug-likeness (QED) is 0.439. The van der Waals surface area contributed by atoms with Crippen LogP contribution in [0, 0.1) is 13.8 Å². The van der Waals surface area contributed by atoms with Crippen LogP contribution in [0.4, 0.5) is 5.69 Å². The highest BCUT2D eigenvalue weighted by Crippen LogP contribution is 2.23. The summed E-state index contributed by atoms with van der Waals surface area (Å²) in [7, 11) is 0. The summed E-state index contributed by atoms with van der Waals surface area (Å²) in [6.45, 7) is 5.67. The van der Waals surface area contributed by atoms with Gasteiger partial charge in [-0.05, 0) is 57.2 Å². The number of rotatable bonds is 4. The third-order valence-corrected chi connectivity index (χ3v) is 4.38. The first-order chi connectivity index (χ1) is 12.0. The van der Waals surface area contributed by atoms with Crippen LogP contribution in [-0.2, 0) is 0 Å². The SMILES string of the molecule is CC(=O)c1cccc(N=Cc2cc(C)n(-c3cccc(Cl)c3)c2C)c1. The molecular weight excluding hydrogens is 332 g/mol. The number of Topliss-reactive ketones (excluding diaryl/α,β-unsaturated/α-hetero) is 1. The van der Waals surface area contributed by atoms with Gasteiger partial charge < -0.3 is 4.57 Å². The second-order valence-corrected chi connectivity index (χ2v) is 6.44. The second kappa shape index (κ2) is 7.08. The molecule has 0 saturated carbocycles. The molecule has 1 heterocycles. The zero-order chi connectivity index (χ0) is 18.0. The Balaban J connectivity index is 1.96. The van der Waals surface area contributed by atoms with Crippen molar-refractivity contribution in [1.29, 1.82) is 0 Å². The molecule has 3 nitrogen and oxygen atoms in total. The number of nitrogens with zero attached hydrogens (tertiary/aromatic N) is 2. The second-order valence-electron chi connectivity index (χ2n) is 6.01. The third kappa shape index (κ3) is 3.72. The molecule has 25 heavy (non-hydrogen) atoms. The molecule has 0 fully saturated rings. The molecule has 0 aliphatic rings. The monoisotopic (exact) mass is 350 g/mol. The van der Waals surface area contributed by atoms with E-state index in [0.717, 1.165) is 28.3 Å². The molecule has 3 aromatic rings. The number of hydrogen-bond acceptors (Lipinski definition) is 2. The van der Waals surface area contributed by atoms with Crippen molar-refractivity contribution in [3.8, 4) is 5.69 Å². The van der Waals surface area contributed by atoms with E-state index in [-0.39, 0.29) is 5.78 Å². The molecule has 0 saturated heterocycles. The van der Waals surface area contributed by atoms with Crippen LogP contribution >= 0.6 is 11.6 Å². The van der Waals surface area contributed by atoms with E-state index in [1.165, 1.54) is 0 Å².